The van der Waals surface area contributed by atoms with Crippen molar-refractivity contribution in [1.29, 1.82) is 0 Å². The number of benzene rings is 1. The van der Waals surface area contributed by atoms with Crippen LogP contribution in [-0.2, 0) is 17.6 Å². The van der Waals surface area contributed by atoms with Gasteiger partial charge in [0.2, 0.25) is 11.0 Å². The number of anilines is 1. The number of amides is 1. The molecular weight excluding hydrogens is 300 g/mol. The van der Waals surface area contributed by atoms with Crippen LogP contribution in [0.25, 0.3) is 0 Å². The minimum Gasteiger partial charge on any atom is -0.493 e. The highest BCUT2D eigenvalue weighted by Gasteiger charge is 2.23. The maximum Gasteiger partial charge on any atom is 0.223 e. The van der Waals surface area contributed by atoms with Crippen LogP contribution >= 0.6 is 11.3 Å². The van der Waals surface area contributed by atoms with Gasteiger partial charge in [-0.25, -0.2) is 0 Å². The molecule has 1 atom stereocenters. The number of para-hydroxylation sites is 1. The van der Waals surface area contributed by atoms with Crippen LogP contribution in [0, 0.1) is 5.92 Å². The number of carbonyl (C=O) groups excluding carboxylic acids is 1. The number of nitrogens with two attached hydrogens (primary N) is 1. The van der Waals surface area contributed by atoms with Gasteiger partial charge in [0.15, 0.2) is 0 Å². The molecule has 3 N–H and O–H groups in total. The van der Waals surface area contributed by atoms with E-state index in [-0.39, 0.29) is 11.8 Å². The van der Waals surface area contributed by atoms with E-state index in [0.29, 0.717) is 31.1 Å². The molecule has 1 amide bonds. The van der Waals surface area contributed by atoms with Gasteiger partial charge in [-0.1, -0.05) is 29.5 Å². The summed E-state index contributed by atoms with van der Waals surface area (Å²) in [6.07, 6.45) is 2.10. The summed E-state index contributed by atoms with van der Waals surface area (Å²) in [5.41, 5.74) is 6.63. The highest BCUT2D eigenvalue weighted by molar-refractivity contribution is 7.15. The summed E-state index contributed by atoms with van der Waals surface area (Å²) in [4.78, 5) is 12.3. The fraction of sp³-hybridized carbons (Fsp3) is 0.400. The van der Waals surface area contributed by atoms with Gasteiger partial charge in [0.25, 0.3) is 0 Å². The van der Waals surface area contributed by atoms with Crippen LogP contribution in [0.4, 0.5) is 5.13 Å². The van der Waals surface area contributed by atoms with Crippen LogP contribution in [0.5, 0.6) is 5.75 Å². The minimum absolute atomic E-state index is 0.0526. The Morgan fingerprint density at radius 2 is 2.27 bits per heavy atom. The molecule has 1 aliphatic heterocycles. The third kappa shape index (κ3) is 3.54. The third-order valence-electron chi connectivity index (χ3n) is 3.65. The summed E-state index contributed by atoms with van der Waals surface area (Å²) in [7, 11) is 0. The van der Waals surface area contributed by atoms with Crippen LogP contribution in [0.1, 0.15) is 17.0 Å². The van der Waals surface area contributed by atoms with Gasteiger partial charge in [0, 0.05) is 18.9 Å². The van der Waals surface area contributed by atoms with E-state index in [0.717, 1.165) is 22.7 Å². The van der Waals surface area contributed by atoms with Crippen LogP contribution in [0.3, 0.4) is 0 Å². The summed E-state index contributed by atoms with van der Waals surface area (Å²) in [6, 6.07) is 7.90. The lowest BCUT2D eigenvalue weighted by Crippen LogP contribution is -2.33. The van der Waals surface area contributed by atoms with E-state index < -0.39 is 0 Å². The van der Waals surface area contributed by atoms with Crippen molar-refractivity contribution in [2.45, 2.75) is 19.3 Å². The van der Waals surface area contributed by atoms with E-state index in [1.54, 1.807) is 0 Å². The maximum absolute atomic E-state index is 12.3. The number of hydrogen-bond donors (Lipinski definition) is 2. The Morgan fingerprint density at radius 1 is 1.41 bits per heavy atom. The number of rotatable bonds is 4. The van der Waals surface area contributed by atoms with Gasteiger partial charge in [-0.15, -0.1) is 10.2 Å². The van der Waals surface area contributed by atoms with Crippen molar-refractivity contribution >= 4 is 22.4 Å². The standard InChI is InChI=1S/C15H18N4O2S/c16-15-19-18-13(22-15)5-7-17-14(20)11-6-8-21-12-4-2-1-3-10(12)9-11/h1-4,11H,5-9H2,(H2,16,19)(H,17,20)/t11-/m0/s1. The number of aromatic nitrogens is 2. The lowest BCUT2D eigenvalue weighted by Gasteiger charge is -2.13. The van der Waals surface area contributed by atoms with Crippen molar-refractivity contribution in [3.05, 3.63) is 34.8 Å². The predicted octanol–water partition coefficient (Wildman–Crippen LogP) is 1.42. The SMILES string of the molecule is Nc1nnc(CCNC(=O)[C@H]2CCOc3ccccc3C2)s1. The van der Waals surface area contributed by atoms with Crippen LogP contribution in [0.15, 0.2) is 24.3 Å². The monoisotopic (exact) mass is 318 g/mol. The molecule has 1 aromatic carbocycles. The molecular formula is C15H18N4O2S. The second-order valence-electron chi connectivity index (χ2n) is 5.22. The number of nitrogens with one attached hydrogen (secondary N) is 1. The van der Waals surface area contributed by atoms with E-state index >= 15 is 0 Å². The largest absolute Gasteiger partial charge is 0.493 e. The molecule has 116 valence electrons. The molecule has 7 heteroatoms. The number of hydrogen-bond acceptors (Lipinski definition) is 6. The van der Waals surface area contributed by atoms with Gasteiger partial charge in [0.1, 0.15) is 10.8 Å². The smallest absolute Gasteiger partial charge is 0.223 e. The third-order valence-corrected chi connectivity index (χ3v) is 4.47. The van der Waals surface area contributed by atoms with Gasteiger partial charge >= 0.3 is 0 Å². The number of fused-ring (bicyclic) bond motifs is 1. The number of nitrogens with zero attached hydrogens (tertiary/aromatic N) is 2. The van der Waals surface area contributed by atoms with Crippen molar-refractivity contribution in [1.82, 2.24) is 15.5 Å². The van der Waals surface area contributed by atoms with E-state index in [1.165, 1.54) is 11.3 Å². The second-order valence-corrected chi connectivity index (χ2v) is 6.31. The molecule has 3 rings (SSSR count). The average Bonchev–Trinajstić information content (AvgIpc) is 2.81. The Labute approximate surface area is 132 Å². The molecule has 0 saturated heterocycles. The molecule has 0 radical (unpaired) electrons. The maximum atomic E-state index is 12.3. The average molecular weight is 318 g/mol. The molecule has 0 unspecified atom stereocenters. The predicted molar refractivity (Wildman–Crippen MR) is 84.8 cm³/mol. The van der Waals surface area contributed by atoms with Gasteiger partial charge in [-0.2, -0.15) is 0 Å². The Balaban J connectivity index is 1.54. The number of ether oxygens (including phenoxy) is 1. The lowest BCUT2D eigenvalue weighted by atomic mass is 9.96. The summed E-state index contributed by atoms with van der Waals surface area (Å²) < 4.78 is 5.69. The summed E-state index contributed by atoms with van der Waals surface area (Å²) >= 11 is 1.35. The summed E-state index contributed by atoms with van der Waals surface area (Å²) in [5.74, 6) is 0.906. The van der Waals surface area contributed by atoms with Gasteiger partial charge in [-0.05, 0) is 24.5 Å². The van der Waals surface area contributed by atoms with Crippen molar-refractivity contribution < 1.29 is 9.53 Å². The van der Waals surface area contributed by atoms with Crippen molar-refractivity contribution in [3.63, 3.8) is 0 Å². The molecule has 0 fully saturated rings. The minimum atomic E-state index is -0.0526. The Hall–Kier alpha value is -2.15. The first-order valence-electron chi connectivity index (χ1n) is 7.28. The van der Waals surface area contributed by atoms with E-state index in [4.69, 9.17) is 10.5 Å². The zero-order chi connectivity index (χ0) is 15.4. The Morgan fingerprint density at radius 3 is 3.09 bits per heavy atom. The van der Waals surface area contributed by atoms with E-state index in [9.17, 15) is 4.79 Å². The number of nitrogen functional groups attached to an aromatic ring is 1. The van der Waals surface area contributed by atoms with Gasteiger partial charge in [-0.3, -0.25) is 4.79 Å². The van der Waals surface area contributed by atoms with Crippen LogP contribution in [0.2, 0.25) is 0 Å². The summed E-state index contributed by atoms with van der Waals surface area (Å²) in [6.45, 7) is 1.12. The molecule has 2 heterocycles. The van der Waals surface area contributed by atoms with E-state index in [1.807, 2.05) is 24.3 Å². The molecule has 22 heavy (non-hydrogen) atoms. The fourth-order valence-corrected chi connectivity index (χ4v) is 3.13. The lowest BCUT2D eigenvalue weighted by molar-refractivity contribution is -0.125. The van der Waals surface area contributed by atoms with Gasteiger partial charge in [0.05, 0.1) is 6.61 Å². The quantitative estimate of drug-likeness (QED) is 0.890. The second kappa shape index (κ2) is 6.74. The first-order chi connectivity index (χ1) is 10.7. The Bertz CT molecular complexity index is 658. The van der Waals surface area contributed by atoms with Crippen molar-refractivity contribution in [2.75, 3.05) is 18.9 Å². The molecule has 6 nitrogen and oxygen atoms in total. The summed E-state index contributed by atoms with van der Waals surface area (Å²) in [5, 5.41) is 12.0. The zero-order valence-corrected chi connectivity index (χ0v) is 12.9. The van der Waals surface area contributed by atoms with Crippen molar-refractivity contribution in [2.24, 2.45) is 5.92 Å². The van der Waals surface area contributed by atoms with Crippen LogP contribution < -0.4 is 15.8 Å². The zero-order valence-electron chi connectivity index (χ0n) is 12.1. The Kier molecular flexibility index (Phi) is 4.53. The first-order valence-corrected chi connectivity index (χ1v) is 8.10. The molecule has 0 spiro atoms. The molecule has 0 aliphatic carbocycles. The fourth-order valence-electron chi connectivity index (χ4n) is 2.52. The topological polar surface area (TPSA) is 90.1 Å². The molecule has 2 aromatic rings. The van der Waals surface area contributed by atoms with Crippen LogP contribution in [-0.4, -0.2) is 29.3 Å². The van der Waals surface area contributed by atoms with E-state index in [2.05, 4.69) is 15.5 Å². The molecule has 0 saturated carbocycles. The van der Waals surface area contributed by atoms with Crippen molar-refractivity contribution in [3.8, 4) is 5.75 Å². The number of carbonyl (C=O) groups is 1. The van der Waals surface area contributed by atoms with Gasteiger partial charge < -0.3 is 15.8 Å². The highest BCUT2D eigenvalue weighted by atomic mass is 32.1. The molecule has 1 aromatic heterocycles. The molecule has 0 bridgehead atoms. The molecule has 1 aliphatic rings. The first kappa shape index (κ1) is 14.8. The normalized spacial score (nSPS) is 17.2. The highest BCUT2D eigenvalue weighted by Crippen LogP contribution is 2.26.